The molecule has 2 atom stereocenters. The Hall–Kier alpha value is -2.15. The van der Waals surface area contributed by atoms with E-state index in [1.807, 2.05) is 28.3 Å². The predicted octanol–water partition coefficient (Wildman–Crippen LogP) is 2.40. The molecule has 122 valence electrons. The van der Waals surface area contributed by atoms with Gasteiger partial charge in [0.25, 0.3) is 0 Å². The summed E-state index contributed by atoms with van der Waals surface area (Å²) in [6, 6.07) is 3.48. The van der Waals surface area contributed by atoms with Crippen molar-refractivity contribution in [3.63, 3.8) is 0 Å². The third-order valence-corrected chi connectivity index (χ3v) is 5.18. The van der Waals surface area contributed by atoms with Crippen molar-refractivity contribution in [2.45, 2.75) is 31.8 Å². The minimum absolute atomic E-state index is 0.0477. The molecule has 2 aromatic rings. The number of hydrogen-bond donors (Lipinski definition) is 1. The maximum absolute atomic E-state index is 12.4. The maximum Gasteiger partial charge on any atom is 0.308 e. The van der Waals surface area contributed by atoms with Gasteiger partial charge in [-0.3, -0.25) is 9.59 Å². The van der Waals surface area contributed by atoms with Crippen molar-refractivity contribution in [2.75, 3.05) is 6.54 Å². The summed E-state index contributed by atoms with van der Waals surface area (Å²) in [5, 5.41) is 11.5. The second-order valence-electron chi connectivity index (χ2n) is 5.68. The Balaban J connectivity index is 1.75. The fraction of sp³-hybridized carbons (Fsp3) is 0.438. The summed E-state index contributed by atoms with van der Waals surface area (Å²) in [7, 11) is 0. The standard InChI is InChI=1S/C16H19N3O3S/c20-14-5-4-12(16(21)22)15(13-3-1-10-23-13)19(14)8-2-7-18-9-6-17-11-18/h1,3,6,9-12,15H,2,4-5,7-8H2,(H,21,22)/t12-,15+/m0/s1. The molecule has 1 aliphatic heterocycles. The van der Waals surface area contributed by atoms with Crippen LogP contribution in [0.5, 0.6) is 0 Å². The number of aliphatic carboxylic acids is 1. The van der Waals surface area contributed by atoms with Crippen LogP contribution in [0.25, 0.3) is 0 Å². The Morgan fingerprint density at radius 2 is 2.30 bits per heavy atom. The Morgan fingerprint density at radius 3 is 2.96 bits per heavy atom. The van der Waals surface area contributed by atoms with Gasteiger partial charge in [0, 0.05) is 36.8 Å². The summed E-state index contributed by atoms with van der Waals surface area (Å²) in [5.74, 6) is -1.30. The normalized spacial score (nSPS) is 21.6. The number of aromatic nitrogens is 2. The van der Waals surface area contributed by atoms with Crippen molar-refractivity contribution in [2.24, 2.45) is 5.92 Å². The zero-order valence-electron chi connectivity index (χ0n) is 12.7. The number of carbonyl (C=O) groups is 2. The van der Waals surface area contributed by atoms with Gasteiger partial charge in [0.1, 0.15) is 0 Å². The van der Waals surface area contributed by atoms with E-state index in [-0.39, 0.29) is 11.9 Å². The number of carboxylic acid groups (broad SMARTS) is 1. The zero-order chi connectivity index (χ0) is 16.2. The number of carboxylic acids is 1. The van der Waals surface area contributed by atoms with Gasteiger partial charge in [-0.15, -0.1) is 11.3 Å². The fourth-order valence-corrected chi connectivity index (χ4v) is 4.03. The minimum Gasteiger partial charge on any atom is -0.481 e. The van der Waals surface area contributed by atoms with E-state index in [9.17, 15) is 14.7 Å². The van der Waals surface area contributed by atoms with E-state index in [1.54, 1.807) is 17.4 Å². The molecule has 0 aliphatic carbocycles. The first kappa shape index (κ1) is 15.7. The average molecular weight is 333 g/mol. The highest BCUT2D eigenvalue weighted by Gasteiger charge is 2.40. The van der Waals surface area contributed by atoms with Crippen LogP contribution in [0.15, 0.2) is 36.2 Å². The van der Waals surface area contributed by atoms with Gasteiger partial charge in [-0.1, -0.05) is 6.07 Å². The van der Waals surface area contributed by atoms with E-state index in [1.165, 1.54) is 11.3 Å². The number of nitrogens with zero attached hydrogens (tertiary/aromatic N) is 3. The molecule has 7 heteroatoms. The zero-order valence-corrected chi connectivity index (χ0v) is 13.5. The van der Waals surface area contributed by atoms with Gasteiger partial charge in [0.15, 0.2) is 0 Å². The van der Waals surface area contributed by atoms with E-state index in [0.717, 1.165) is 17.8 Å². The molecule has 1 fully saturated rings. The van der Waals surface area contributed by atoms with Crippen molar-refractivity contribution in [3.8, 4) is 0 Å². The number of aryl methyl sites for hydroxylation is 1. The van der Waals surface area contributed by atoms with Crippen LogP contribution in [-0.2, 0) is 16.1 Å². The fourth-order valence-electron chi connectivity index (χ4n) is 3.13. The molecule has 23 heavy (non-hydrogen) atoms. The quantitative estimate of drug-likeness (QED) is 0.881. The summed E-state index contributed by atoms with van der Waals surface area (Å²) in [4.78, 5) is 30.7. The Kier molecular flexibility index (Phi) is 4.76. The first-order valence-corrected chi connectivity index (χ1v) is 8.56. The molecule has 3 heterocycles. The predicted molar refractivity (Wildman–Crippen MR) is 86.0 cm³/mol. The van der Waals surface area contributed by atoms with Crippen molar-refractivity contribution < 1.29 is 14.7 Å². The van der Waals surface area contributed by atoms with E-state index in [4.69, 9.17) is 0 Å². The molecule has 1 aliphatic rings. The summed E-state index contributed by atoms with van der Waals surface area (Å²) < 4.78 is 1.96. The molecule has 2 aromatic heterocycles. The topological polar surface area (TPSA) is 75.4 Å². The van der Waals surface area contributed by atoms with Crippen molar-refractivity contribution >= 4 is 23.2 Å². The van der Waals surface area contributed by atoms with Crippen LogP contribution in [0.1, 0.15) is 30.2 Å². The molecule has 0 spiro atoms. The molecule has 1 amide bonds. The van der Waals surface area contributed by atoms with Crippen LogP contribution in [0.3, 0.4) is 0 Å². The van der Waals surface area contributed by atoms with Crippen LogP contribution in [0.2, 0.25) is 0 Å². The molecular weight excluding hydrogens is 314 g/mol. The molecule has 1 saturated heterocycles. The largest absolute Gasteiger partial charge is 0.481 e. The highest BCUT2D eigenvalue weighted by Crippen LogP contribution is 2.38. The van der Waals surface area contributed by atoms with Crippen LogP contribution in [0, 0.1) is 5.92 Å². The van der Waals surface area contributed by atoms with Crippen molar-refractivity contribution in [3.05, 3.63) is 41.1 Å². The SMILES string of the molecule is O=C(O)[C@H]1CCC(=O)N(CCCn2ccnc2)[C@H]1c1cccs1. The first-order valence-electron chi connectivity index (χ1n) is 7.68. The third kappa shape index (κ3) is 3.44. The number of imidazole rings is 1. The lowest BCUT2D eigenvalue weighted by Crippen LogP contribution is -2.45. The Morgan fingerprint density at radius 1 is 1.43 bits per heavy atom. The second-order valence-corrected chi connectivity index (χ2v) is 6.66. The Bertz CT molecular complexity index is 654. The summed E-state index contributed by atoms with van der Waals surface area (Å²) in [6.45, 7) is 1.32. The average Bonchev–Trinajstić information content (AvgIpc) is 3.21. The van der Waals surface area contributed by atoms with Gasteiger partial charge in [0.05, 0.1) is 18.3 Å². The number of piperidine rings is 1. The first-order chi connectivity index (χ1) is 11.2. The number of rotatable bonds is 6. The van der Waals surface area contributed by atoms with Crippen molar-refractivity contribution in [1.82, 2.24) is 14.5 Å². The van der Waals surface area contributed by atoms with Gasteiger partial charge in [-0.05, 0) is 24.3 Å². The number of amides is 1. The third-order valence-electron chi connectivity index (χ3n) is 4.23. The summed E-state index contributed by atoms with van der Waals surface area (Å²) in [6.07, 6.45) is 6.85. The number of carbonyl (C=O) groups excluding carboxylic acids is 1. The molecule has 6 nitrogen and oxygen atoms in total. The van der Waals surface area contributed by atoms with Gasteiger partial charge in [0.2, 0.25) is 5.91 Å². The molecule has 3 rings (SSSR count). The highest BCUT2D eigenvalue weighted by molar-refractivity contribution is 7.10. The monoisotopic (exact) mass is 333 g/mol. The summed E-state index contributed by atoms with van der Waals surface area (Å²) in [5.41, 5.74) is 0. The lowest BCUT2D eigenvalue weighted by atomic mass is 9.87. The van der Waals surface area contributed by atoms with Gasteiger partial charge in [-0.25, -0.2) is 4.98 Å². The molecule has 0 radical (unpaired) electrons. The lowest BCUT2D eigenvalue weighted by Gasteiger charge is -2.39. The molecule has 1 N–H and O–H groups in total. The number of likely N-dealkylation sites (tertiary alicyclic amines) is 1. The molecule has 0 saturated carbocycles. The van der Waals surface area contributed by atoms with E-state index in [0.29, 0.717) is 19.4 Å². The van der Waals surface area contributed by atoms with Crippen LogP contribution in [0.4, 0.5) is 0 Å². The van der Waals surface area contributed by atoms with Gasteiger partial charge >= 0.3 is 5.97 Å². The smallest absolute Gasteiger partial charge is 0.308 e. The van der Waals surface area contributed by atoms with Crippen molar-refractivity contribution in [1.29, 1.82) is 0 Å². The summed E-state index contributed by atoms with van der Waals surface area (Å²) >= 11 is 1.52. The van der Waals surface area contributed by atoms with Gasteiger partial charge in [-0.2, -0.15) is 0 Å². The molecule has 0 unspecified atom stereocenters. The highest BCUT2D eigenvalue weighted by atomic mass is 32.1. The Labute approximate surface area is 138 Å². The van der Waals surface area contributed by atoms with Crippen LogP contribution in [-0.4, -0.2) is 38.0 Å². The number of thiophene rings is 1. The maximum atomic E-state index is 12.4. The molecule has 0 aromatic carbocycles. The number of hydrogen-bond acceptors (Lipinski definition) is 4. The van der Waals surface area contributed by atoms with E-state index < -0.39 is 11.9 Å². The van der Waals surface area contributed by atoms with E-state index >= 15 is 0 Å². The van der Waals surface area contributed by atoms with Crippen LogP contribution >= 0.6 is 11.3 Å². The second kappa shape index (κ2) is 6.95. The molecular formula is C16H19N3O3S. The minimum atomic E-state index is -0.824. The molecule has 0 bridgehead atoms. The van der Waals surface area contributed by atoms with Gasteiger partial charge < -0.3 is 14.6 Å². The lowest BCUT2D eigenvalue weighted by molar-refractivity contribution is -0.152. The van der Waals surface area contributed by atoms with E-state index in [2.05, 4.69) is 4.98 Å². The van der Waals surface area contributed by atoms with Crippen LogP contribution < -0.4 is 0 Å².